The largest absolute Gasteiger partial charge is 0.478 e. The fourth-order valence-electron chi connectivity index (χ4n) is 1.76. The number of hydrogen-bond acceptors (Lipinski definition) is 3. The average molecular weight is 264 g/mol. The number of aromatic carboxylic acids is 1. The highest BCUT2D eigenvalue weighted by atomic mass is 16.4. The minimum absolute atomic E-state index is 0.0427. The first kappa shape index (κ1) is 15.0. The molecule has 0 aliphatic rings. The van der Waals surface area contributed by atoms with E-state index in [-0.39, 0.29) is 11.5 Å². The quantitative estimate of drug-likeness (QED) is 0.758. The van der Waals surface area contributed by atoms with Crippen molar-refractivity contribution in [2.75, 3.05) is 18.9 Å². The molecule has 1 aromatic carbocycles. The van der Waals surface area contributed by atoms with E-state index < -0.39 is 11.4 Å². The number of amides is 1. The van der Waals surface area contributed by atoms with E-state index in [9.17, 15) is 9.59 Å². The second-order valence-electron chi connectivity index (χ2n) is 5.15. The molecule has 5 nitrogen and oxygen atoms in total. The van der Waals surface area contributed by atoms with Gasteiger partial charge in [-0.25, -0.2) is 4.79 Å². The number of carboxylic acids is 1. The molecule has 5 heteroatoms. The fraction of sp³-hybridized carbons (Fsp3) is 0.429. The number of carboxylic acid groups (broad SMARTS) is 1. The number of carbonyl (C=O) groups is 2. The van der Waals surface area contributed by atoms with Crippen molar-refractivity contribution >= 4 is 17.6 Å². The SMILES string of the molecule is CNC(=O)C(C)(C)CNc1ccc(C(=O)O)c(C)c1. The van der Waals surface area contributed by atoms with E-state index in [2.05, 4.69) is 10.6 Å². The van der Waals surface area contributed by atoms with Crippen molar-refractivity contribution in [1.29, 1.82) is 0 Å². The summed E-state index contributed by atoms with van der Waals surface area (Å²) in [5, 5.41) is 14.7. The molecule has 0 radical (unpaired) electrons. The Labute approximate surface area is 113 Å². The van der Waals surface area contributed by atoms with Gasteiger partial charge in [-0.2, -0.15) is 0 Å². The van der Waals surface area contributed by atoms with Gasteiger partial charge in [-0.1, -0.05) is 0 Å². The van der Waals surface area contributed by atoms with Crippen LogP contribution in [0.4, 0.5) is 5.69 Å². The van der Waals surface area contributed by atoms with Gasteiger partial charge in [-0.05, 0) is 44.5 Å². The average Bonchev–Trinajstić information content (AvgIpc) is 2.35. The van der Waals surface area contributed by atoms with Gasteiger partial charge >= 0.3 is 5.97 Å². The topological polar surface area (TPSA) is 78.4 Å². The zero-order valence-electron chi connectivity index (χ0n) is 11.7. The molecule has 1 amide bonds. The van der Waals surface area contributed by atoms with E-state index in [4.69, 9.17) is 5.11 Å². The van der Waals surface area contributed by atoms with Gasteiger partial charge in [0.05, 0.1) is 11.0 Å². The molecule has 0 saturated carbocycles. The Kier molecular flexibility index (Phi) is 4.53. The predicted molar refractivity (Wildman–Crippen MR) is 74.5 cm³/mol. The summed E-state index contributed by atoms with van der Waals surface area (Å²) in [6, 6.07) is 5.03. The van der Waals surface area contributed by atoms with E-state index in [1.165, 1.54) is 0 Å². The van der Waals surface area contributed by atoms with E-state index in [0.717, 1.165) is 5.69 Å². The lowest BCUT2D eigenvalue weighted by Gasteiger charge is -2.23. The highest BCUT2D eigenvalue weighted by Gasteiger charge is 2.26. The van der Waals surface area contributed by atoms with Crippen LogP contribution >= 0.6 is 0 Å². The number of anilines is 1. The lowest BCUT2D eigenvalue weighted by Crippen LogP contribution is -2.39. The second kappa shape index (κ2) is 5.73. The molecule has 0 bridgehead atoms. The van der Waals surface area contributed by atoms with Crippen LogP contribution in [0, 0.1) is 12.3 Å². The Balaban J connectivity index is 2.77. The summed E-state index contributed by atoms with van der Waals surface area (Å²) in [4.78, 5) is 22.5. The predicted octanol–water partition coefficient (Wildman–Crippen LogP) is 1.88. The monoisotopic (exact) mass is 264 g/mol. The normalized spacial score (nSPS) is 10.9. The summed E-state index contributed by atoms with van der Waals surface area (Å²) >= 11 is 0. The van der Waals surface area contributed by atoms with Gasteiger partial charge in [-0.3, -0.25) is 4.79 Å². The van der Waals surface area contributed by atoms with E-state index in [1.54, 1.807) is 32.2 Å². The van der Waals surface area contributed by atoms with Crippen LogP contribution < -0.4 is 10.6 Å². The molecule has 0 atom stereocenters. The van der Waals surface area contributed by atoms with E-state index >= 15 is 0 Å². The van der Waals surface area contributed by atoms with Crippen molar-refractivity contribution in [3.63, 3.8) is 0 Å². The van der Waals surface area contributed by atoms with Crippen LogP contribution in [0.1, 0.15) is 29.8 Å². The van der Waals surface area contributed by atoms with Gasteiger partial charge in [0.15, 0.2) is 0 Å². The number of rotatable bonds is 5. The van der Waals surface area contributed by atoms with Crippen molar-refractivity contribution in [3.8, 4) is 0 Å². The number of nitrogens with one attached hydrogen (secondary N) is 2. The summed E-state index contributed by atoms with van der Waals surface area (Å²) in [7, 11) is 1.61. The first-order valence-electron chi connectivity index (χ1n) is 6.08. The number of carbonyl (C=O) groups excluding carboxylic acids is 1. The molecule has 0 fully saturated rings. The molecule has 1 aromatic rings. The molecule has 1 rings (SSSR count). The molecule has 104 valence electrons. The molecule has 0 aliphatic heterocycles. The fourth-order valence-corrected chi connectivity index (χ4v) is 1.76. The van der Waals surface area contributed by atoms with Gasteiger partial charge in [0, 0.05) is 19.3 Å². The molecule has 0 saturated heterocycles. The first-order chi connectivity index (χ1) is 8.77. The van der Waals surface area contributed by atoms with Crippen LogP contribution in [0.5, 0.6) is 0 Å². The molecule has 19 heavy (non-hydrogen) atoms. The number of benzene rings is 1. The molecule has 0 aliphatic carbocycles. The smallest absolute Gasteiger partial charge is 0.335 e. The Hall–Kier alpha value is -2.04. The lowest BCUT2D eigenvalue weighted by atomic mass is 9.92. The van der Waals surface area contributed by atoms with Crippen LogP contribution in [0.15, 0.2) is 18.2 Å². The van der Waals surface area contributed by atoms with Crippen molar-refractivity contribution in [1.82, 2.24) is 5.32 Å². The summed E-state index contributed by atoms with van der Waals surface area (Å²) in [5.74, 6) is -0.978. The van der Waals surface area contributed by atoms with Gasteiger partial charge < -0.3 is 15.7 Å². The minimum atomic E-state index is -0.935. The Morgan fingerprint density at radius 1 is 1.32 bits per heavy atom. The maximum Gasteiger partial charge on any atom is 0.335 e. The van der Waals surface area contributed by atoms with Gasteiger partial charge in [0.2, 0.25) is 5.91 Å². The second-order valence-corrected chi connectivity index (χ2v) is 5.15. The minimum Gasteiger partial charge on any atom is -0.478 e. The van der Waals surface area contributed by atoms with Crippen molar-refractivity contribution < 1.29 is 14.7 Å². The van der Waals surface area contributed by atoms with Gasteiger partial charge in [-0.15, -0.1) is 0 Å². The van der Waals surface area contributed by atoms with Gasteiger partial charge in [0.25, 0.3) is 0 Å². The summed E-state index contributed by atoms with van der Waals surface area (Å²) in [6.45, 7) is 5.91. The molecule has 3 N–H and O–H groups in total. The van der Waals surface area contributed by atoms with Crippen molar-refractivity contribution in [3.05, 3.63) is 29.3 Å². The van der Waals surface area contributed by atoms with Crippen molar-refractivity contribution in [2.45, 2.75) is 20.8 Å². The Morgan fingerprint density at radius 3 is 2.42 bits per heavy atom. The molecule has 0 aromatic heterocycles. The van der Waals surface area contributed by atoms with Crippen LogP contribution in [-0.4, -0.2) is 30.6 Å². The molecule has 0 spiro atoms. The van der Waals surface area contributed by atoms with Crippen LogP contribution in [0.3, 0.4) is 0 Å². The Bertz CT molecular complexity index is 495. The molecule has 0 heterocycles. The standard InChI is InChI=1S/C14H20N2O3/c1-9-7-10(5-6-11(9)12(17)18)16-8-14(2,3)13(19)15-4/h5-7,16H,8H2,1-4H3,(H,15,19)(H,17,18). The lowest BCUT2D eigenvalue weighted by molar-refractivity contribution is -0.128. The zero-order valence-corrected chi connectivity index (χ0v) is 11.7. The maximum absolute atomic E-state index is 11.6. The highest BCUT2D eigenvalue weighted by Crippen LogP contribution is 2.19. The van der Waals surface area contributed by atoms with Crippen molar-refractivity contribution in [2.24, 2.45) is 5.41 Å². The molecular weight excluding hydrogens is 244 g/mol. The number of aryl methyl sites for hydroxylation is 1. The number of hydrogen-bond donors (Lipinski definition) is 3. The summed E-state index contributed by atoms with van der Waals surface area (Å²) < 4.78 is 0. The molecular formula is C14H20N2O3. The Morgan fingerprint density at radius 2 is 1.95 bits per heavy atom. The molecule has 0 unspecified atom stereocenters. The van der Waals surface area contributed by atoms with Gasteiger partial charge in [0.1, 0.15) is 0 Å². The summed E-state index contributed by atoms with van der Waals surface area (Å²) in [6.07, 6.45) is 0. The van der Waals surface area contributed by atoms with Crippen LogP contribution in [0.25, 0.3) is 0 Å². The maximum atomic E-state index is 11.6. The van der Waals surface area contributed by atoms with Crippen LogP contribution in [-0.2, 0) is 4.79 Å². The third kappa shape index (κ3) is 3.71. The highest BCUT2D eigenvalue weighted by molar-refractivity contribution is 5.90. The van der Waals surface area contributed by atoms with E-state index in [0.29, 0.717) is 12.1 Å². The van der Waals surface area contributed by atoms with E-state index in [1.807, 2.05) is 13.8 Å². The third-order valence-electron chi connectivity index (χ3n) is 3.03. The van der Waals surface area contributed by atoms with Crippen LogP contribution in [0.2, 0.25) is 0 Å². The first-order valence-corrected chi connectivity index (χ1v) is 6.08. The zero-order chi connectivity index (χ0) is 14.6. The third-order valence-corrected chi connectivity index (χ3v) is 3.03. The summed E-state index contributed by atoms with van der Waals surface area (Å²) in [5.41, 5.74) is 1.25.